The maximum atomic E-state index is 12.4. The fraction of sp³-hybridized carbons (Fsp3) is 0.381. The Morgan fingerprint density at radius 3 is 2.85 bits per heavy atom. The third-order valence-electron chi connectivity index (χ3n) is 4.48. The number of aryl methyl sites for hydroxylation is 1. The van der Waals surface area contributed by atoms with Gasteiger partial charge in [0.25, 0.3) is 0 Å². The number of hydrogen-bond acceptors (Lipinski definition) is 4. The fourth-order valence-electron chi connectivity index (χ4n) is 2.82. The van der Waals surface area contributed by atoms with E-state index < -0.39 is 0 Å². The quantitative estimate of drug-likeness (QED) is 0.593. The Kier molecular flexibility index (Phi) is 6.50. The van der Waals surface area contributed by atoms with Crippen molar-refractivity contribution < 1.29 is 4.79 Å². The van der Waals surface area contributed by atoms with Gasteiger partial charge in [0, 0.05) is 18.5 Å². The minimum absolute atomic E-state index is 0.0107. The van der Waals surface area contributed by atoms with Crippen LogP contribution >= 0.6 is 11.8 Å². The molecule has 27 heavy (non-hydrogen) atoms. The molecular formula is C21H26N4OS. The highest BCUT2D eigenvalue weighted by Gasteiger charge is 2.15. The van der Waals surface area contributed by atoms with Crippen molar-refractivity contribution in [3.05, 3.63) is 53.9 Å². The molecule has 0 aliphatic carbocycles. The van der Waals surface area contributed by atoms with E-state index in [4.69, 9.17) is 4.98 Å². The Hall–Kier alpha value is -2.34. The molecule has 2 aromatic heterocycles. The highest BCUT2D eigenvalue weighted by atomic mass is 32.2. The third kappa shape index (κ3) is 5.10. The number of nitrogens with one attached hydrogen (secondary N) is 1. The Labute approximate surface area is 164 Å². The molecule has 0 aliphatic rings. The number of fused-ring (bicyclic) bond motifs is 1. The van der Waals surface area contributed by atoms with Gasteiger partial charge < -0.3 is 9.88 Å². The lowest BCUT2D eigenvalue weighted by Crippen LogP contribution is -2.29. The van der Waals surface area contributed by atoms with Gasteiger partial charge in [-0.1, -0.05) is 49.9 Å². The maximum Gasteiger partial charge on any atom is 0.240 e. The Morgan fingerprint density at radius 2 is 2.07 bits per heavy atom. The molecular weight excluding hydrogens is 356 g/mol. The highest BCUT2D eigenvalue weighted by molar-refractivity contribution is 7.98. The van der Waals surface area contributed by atoms with Crippen LogP contribution in [0.2, 0.25) is 0 Å². The second kappa shape index (κ2) is 9.04. The third-order valence-corrected chi connectivity index (χ3v) is 5.50. The first-order chi connectivity index (χ1) is 13.0. The first-order valence-corrected chi connectivity index (χ1v) is 10.3. The molecule has 0 radical (unpaired) electrons. The molecule has 0 bridgehead atoms. The number of nitrogens with zero attached hydrogens (tertiary/aromatic N) is 3. The zero-order valence-electron chi connectivity index (χ0n) is 16.1. The van der Waals surface area contributed by atoms with Gasteiger partial charge in [-0.05, 0) is 36.5 Å². The van der Waals surface area contributed by atoms with Gasteiger partial charge in [-0.3, -0.25) is 9.78 Å². The van der Waals surface area contributed by atoms with Crippen molar-refractivity contribution in [2.45, 2.75) is 44.6 Å². The number of hydrogen-bond donors (Lipinski definition) is 1. The molecule has 0 atom stereocenters. The van der Waals surface area contributed by atoms with Gasteiger partial charge in [0.05, 0.1) is 17.2 Å². The van der Waals surface area contributed by atoms with Crippen LogP contribution in [0.4, 0.5) is 0 Å². The minimum Gasteiger partial charge on any atom is -0.355 e. The molecule has 3 rings (SSSR count). The molecule has 0 spiro atoms. The zero-order valence-corrected chi connectivity index (χ0v) is 16.9. The van der Waals surface area contributed by atoms with E-state index in [0.717, 1.165) is 28.4 Å². The van der Waals surface area contributed by atoms with Crippen molar-refractivity contribution in [2.75, 3.05) is 6.54 Å². The standard InChI is InChI=1S/C21H26N4OS/c1-15(2)8-11-23-20(26)13-25-19-12-22-10-9-18(19)24-21(25)27-14-17-7-5-4-6-16(17)3/h4-7,9-10,12,15H,8,11,13-14H2,1-3H3,(H,23,26). The van der Waals surface area contributed by atoms with Crippen LogP contribution < -0.4 is 5.32 Å². The summed E-state index contributed by atoms with van der Waals surface area (Å²) < 4.78 is 1.97. The first kappa shape index (κ1) is 19.4. The lowest BCUT2D eigenvalue weighted by Gasteiger charge is -2.11. The lowest BCUT2D eigenvalue weighted by atomic mass is 10.1. The van der Waals surface area contributed by atoms with E-state index in [0.29, 0.717) is 12.5 Å². The number of benzene rings is 1. The van der Waals surface area contributed by atoms with Gasteiger partial charge in [-0.15, -0.1) is 0 Å². The maximum absolute atomic E-state index is 12.4. The predicted octanol–water partition coefficient (Wildman–Crippen LogP) is 4.19. The number of pyridine rings is 1. The molecule has 2 heterocycles. The molecule has 1 N–H and O–H groups in total. The Bertz CT molecular complexity index is 919. The van der Waals surface area contributed by atoms with Crippen LogP contribution in [0.5, 0.6) is 0 Å². The number of amides is 1. The summed E-state index contributed by atoms with van der Waals surface area (Å²) in [4.78, 5) is 21.4. The van der Waals surface area contributed by atoms with Crippen molar-refractivity contribution in [2.24, 2.45) is 5.92 Å². The molecule has 6 heteroatoms. The number of aromatic nitrogens is 3. The van der Waals surface area contributed by atoms with E-state index >= 15 is 0 Å². The summed E-state index contributed by atoms with van der Waals surface area (Å²) in [6.45, 7) is 7.39. The minimum atomic E-state index is 0.0107. The van der Waals surface area contributed by atoms with E-state index in [1.54, 1.807) is 24.2 Å². The summed E-state index contributed by atoms with van der Waals surface area (Å²) in [5.74, 6) is 1.40. The second-order valence-corrected chi connectivity index (χ2v) is 8.04. The van der Waals surface area contributed by atoms with Gasteiger partial charge in [0.2, 0.25) is 5.91 Å². The van der Waals surface area contributed by atoms with E-state index in [9.17, 15) is 4.79 Å². The number of carbonyl (C=O) groups excluding carboxylic acids is 1. The van der Waals surface area contributed by atoms with E-state index in [2.05, 4.69) is 49.3 Å². The summed E-state index contributed by atoms with van der Waals surface area (Å²) in [5.41, 5.74) is 4.30. The predicted molar refractivity (Wildman–Crippen MR) is 111 cm³/mol. The van der Waals surface area contributed by atoms with Gasteiger partial charge in [-0.25, -0.2) is 4.98 Å². The van der Waals surface area contributed by atoms with Gasteiger partial charge in [0.15, 0.2) is 5.16 Å². The smallest absolute Gasteiger partial charge is 0.240 e. The van der Waals surface area contributed by atoms with Crippen LogP contribution in [0.1, 0.15) is 31.4 Å². The van der Waals surface area contributed by atoms with Crippen LogP contribution in [0, 0.1) is 12.8 Å². The molecule has 1 aromatic carbocycles. The van der Waals surface area contributed by atoms with Gasteiger partial charge in [-0.2, -0.15) is 0 Å². The number of rotatable bonds is 8. The largest absolute Gasteiger partial charge is 0.355 e. The van der Waals surface area contributed by atoms with E-state index in [1.807, 2.05) is 16.7 Å². The SMILES string of the molecule is Cc1ccccc1CSc1nc2ccncc2n1CC(=O)NCCC(C)C. The first-order valence-electron chi connectivity index (χ1n) is 9.29. The van der Waals surface area contributed by atoms with Crippen molar-refractivity contribution in [1.82, 2.24) is 19.9 Å². The molecule has 0 saturated heterocycles. The van der Waals surface area contributed by atoms with Gasteiger partial charge >= 0.3 is 0 Å². The fourth-order valence-corrected chi connectivity index (χ4v) is 3.91. The summed E-state index contributed by atoms with van der Waals surface area (Å²) >= 11 is 1.65. The van der Waals surface area contributed by atoms with Gasteiger partial charge in [0.1, 0.15) is 6.54 Å². The molecule has 0 aliphatic heterocycles. The average Bonchev–Trinajstić information content (AvgIpc) is 2.98. The Balaban J connectivity index is 1.77. The number of thioether (sulfide) groups is 1. The molecule has 0 saturated carbocycles. The molecule has 3 aromatic rings. The summed E-state index contributed by atoms with van der Waals surface area (Å²) in [6, 6.07) is 10.2. The summed E-state index contributed by atoms with van der Waals surface area (Å²) in [6.07, 6.45) is 4.49. The molecule has 5 nitrogen and oxygen atoms in total. The van der Waals surface area contributed by atoms with Crippen LogP contribution in [0.3, 0.4) is 0 Å². The van der Waals surface area contributed by atoms with Crippen molar-refractivity contribution >= 4 is 28.7 Å². The topological polar surface area (TPSA) is 59.8 Å². The van der Waals surface area contributed by atoms with E-state index in [1.165, 1.54) is 11.1 Å². The second-order valence-electron chi connectivity index (χ2n) is 7.09. The van der Waals surface area contributed by atoms with Crippen molar-refractivity contribution in [1.29, 1.82) is 0 Å². The summed E-state index contributed by atoms with van der Waals surface area (Å²) in [7, 11) is 0. The van der Waals surface area contributed by atoms with Crippen molar-refractivity contribution in [3.63, 3.8) is 0 Å². The number of imidazole rings is 1. The highest BCUT2D eigenvalue weighted by Crippen LogP contribution is 2.27. The normalized spacial score (nSPS) is 11.3. The molecule has 0 fully saturated rings. The van der Waals surface area contributed by atoms with Crippen molar-refractivity contribution in [3.8, 4) is 0 Å². The number of carbonyl (C=O) groups is 1. The van der Waals surface area contributed by atoms with Crippen LogP contribution in [-0.2, 0) is 17.1 Å². The summed E-state index contributed by atoms with van der Waals surface area (Å²) in [5, 5.41) is 3.86. The monoisotopic (exact) mass is 382 g/mol. The zero-order chi connectivity index (χ0) is 19.2. The molecule has 1 amide bonds. The average molecular weight is 383 g/mol. The van der Waals surface area contributed by atoms with Crippen LogP contribution in [0.15, 0.2) is 47.9 Å². The lowest BCUT2D eigenvalue weighted by molar-refractivity contribution is -0.121. The molecule has 142 valence electrons. The van der Waals surface area contributed by atoms with E-state index in [-0.39, 0.29) is 12.5 Å². The molecule has 0 unspecified atom stereocenters. The van der Waals surface area contributed by atoms with Crippen LogP contribution in [-0.4, -0.2) is 27.0 Å². The van der Waals surface area contributed by atoms with Crippen LogP contribution in [0.25, 0.3) is 11.0 Å². The Morgan fingerprint density at radius 1 is 1.26 bits per heavy atom.